The molecule has 0 atom stereocenters. The van der Waals surface area contributed by atoms with Gasteiger partial charge >= 0.3 is 0 Å². The minimum Gasteiger partial charge on any atom is -0.370 e. The molecule has 1 amide bonds. The van der Waals surface area contributed by atoms with Crippen molar-refractivity contribution in [1.29, 1.82) is 5.26 Å². The number of carbonyl (C=O) groups is 1. The number of benzene rings is 1. The summed E-state index contributed by atoms with van der Waals surface area (Å²) in [5, 5.41) is 9.02. The molecule has 1 aromatic carbocycles. The quantitative estimate of drug-likeness (QED) is 0.901. The summed E-state index contributed by atoms with van der Waals surface area (Å²) in [6.07, 6.45) is 2.08. The Balaban J connectivity index is 2.08. The molecule has 1 fully saturated rings. The molecule has 4 nitrogen and oxygen atoms in total. The Morgan fingerprint density at radius 2 is 2.16 bits per heavy atom. The zero-order valence-electron chi connectivity index (χ0n) is 10.6. The molecule has 5 heteroatoms. The van der Waals surface area contributed by atoms with Crippen molar-refractivity contribution in [3.8, 4) is 6.07 Å². The maximum atomic E-state index is 13.5. The van der Waals surface area contributed by atoms with Crippen molar-refractivity contribution >= 4 is 11.6 Å². The first-order valence-corrected chi connectivity index (χ1v) is 6.33. The molecule has 1 aliphatic heterocycles. The SMILES string of the molecule is N#Cc1c(F)cccc1N1CCC(CC(N)=O)CC1. The Kier molecular flexibility index (Phi) is 4.00. The average Bonchev–Trinajstić information content (AvgIpc) is 2.38. The number of anilines is 1. The molecule has 0 aliphatic carbocycles. The van der Waals surface area contributed by atoms with Gasteiger partial charge < -0.3 is 10.6 Å². The third-order valence-corrected chi connectivity index (χ3v) is 3.55. The minimum atomic E-state index is -0.487. The fraction of sp³-hybridized carbons (Fsp3) is 0.429. The van der Waals surface area contributed by atoms with Gasteiger partial charge in [0.2, 0.25) is 5.91 Å². The van der Waals surface area contributed by atoms with Crippen LogP contribution in [-0.4, -0.2) is 19.0 Å². The molecule has 1 aromatic rings. The summed E-state index contributed by atoms with van der Waals surface area (Å²) in [5.74, 6) is -0.464. The van der Waals surface area contributed by atoms with Gasteiger partial charge in [0, 0.05) is 19.5 Å². The maximum absolute atomic E-state index is 13.5. The summed E-state index contributed by atoms with van der Waals surface area (Å²) in [7, 11) is 0. The van der Waals surface area contributed by atoms with Crippen LogP contribution in [0.15, 0.2) is 18.2 Å². The molecule has 0 saturated carbocycles. The van der Waals surface area contributed by atoms with E-state index >= 15 is 0 Å². The van der Waals surface area contributed by atoms with Crippen molar-refractivity contribution in [2.75, 3.05) is 18.0 Å². The van der Waals surface area contributed by atoms with Gasteiger partial charge in [0.1, 0.15) is 17.4 Å². The lowest BCUT2D eigenvalue weighted by molar-refractivity contribution is -0.119. The highest BCUT2D eigenvalue weighted by Gasteiger charge is 2.23. The van der Waals surface area contributed by atoms with Crippen molar-refractivity contribution in [3.05, 3.63) is 29.6 Å². The van der Waals surface area contributed by atoms with Crippen LogP contribution in [0.5, 0.6) is 0 Å². The van der Waals surface area contributed by atoms with E-state index in [1.807, 2.05) is 11.0 Å². The molecule has 19 heavy (non-hydrogen) atoms. The summed E-state index contributed by atoms with van der Waals surface area (Å²) < 4.78 is 13.5. The number of rotatable bonds is 3. The van der Waals surface area contributed by atoms with Gasteiger partial charge in [-0.3, -0.25) is 4.79 Å². The van der Waals surface area contributed by atoms with Gasteiger partial charge in [0.05, 0.1) is 5.69 Å². The third-order valence-electron chi connectivity index (χ3n) is 3.55. The summed E-state index contributed by atoms with van der Waals surface area (Å²) >= 11 is 0. The van der Waals surface area contributed by atoms with Gasteiger partial charge in [-0.1, -0.05) is 6.07 Å². The van der Waals surface area contributed by atoms with Crippen molar-refractivity contribution in [2.45, 2.75) is 19.3 Å². The van der Waals surface area contributed by atoms with Crippen molar-refractivity contribution in [3.63, 3.8) is 0 Å². The monoisotopic (exact) mass is 261 g/mol. The number of piperidine rings is 1. The Labute approximate surface area is 111 Å². The van der Waals surface area contributed by atoms with E-state index < -0.39 is 5.82 Å². The van der Waals surface area contributed by atoms with Gasteiger partial charge in [-0.15, -0.1) is 0 Å². The number of nitriles is 1. The lowest BCUT2D eigenvalue weighted by Crippen LogP contribution is -2.35. The zero-order chi connectivity index (χ0) is 13.8. The van der Waals surface area contributed by atoms with E-state index in [2.05, 4.69) is 0 Å². The third kappa shape index (κ3) is 3.02. The van der Waals surface area contributed by atoms with Crippen LogP contribution in [0.3, 0.4) is 0 Å². The van der Waals surface area contributed by atoms with Crippen LogP contribution >= 0.6 is 0 Å². The number of amides is 1. The molecule has 1 aliphatic rings. The Bertz CT molecular complexity index is 516. The van der Waals surface area contributed by atoms with Crippen molar-refractivity contribution in [1.82, 2.24) is 0 Å². The first-order valence-electron chi connectivity index (χ1n) is 6.33. The Morgan fingerprint density at radius 3 is 2.74 bits per heavy atom. The van der Waals surface area contributed by atoms with Gasteiger partial charge in [-0.05, 0) is 30.9 Å². The first-order chi connectivity index (χ1) is 9.11. The molecule has 100 valence electrons. The summed E-state index contributed by atoms with van der Waals surface area (Å²) in [6, 6.07) is 6.58. The second kappa shape index (κ2) is 5.70. The predicted octanol–water partition coefficient (Wildman–Crippen LogP) is 1.79. The highest BCUT2D eigenvalue weighted by atomic mass is 19.1. The Morgan fingerprint density at radius 1 is 1.47 bits per heavy atom. The second-order valence-electron chi connectivity index (χ2n) is 4.85. The fourth-order valence-electron chi connectivity index (χ4n) is 2.55. The number of carbonyl (C=O) groups excluding carboxylic acids is 1. The Hall–Kier alpha value is -2.09. The highest BCUT2D eigenvalue weighted by Crippen LogP contribution is 2.28. The number of primary amides is 1. The molecule has 0 unspecified atom stereocenters. The van der Waals surface area contributed by atoms with Crippen LogP contribution in [0.4, 0.5) is 10.1 Å². The summed E-state index contributed by atoms with van der Waals surface area (Å²) in [4.78, 5) is 12.9. The van der Waals surface area contributed by atoms with Crippen molar-refractivity contribution in [2.24, 2.45) is 11.7 Å². The molecule has 0 spiro atoms. The van der Waals surface area contributed by atoms with Crippen LogP contribution in [0.1, 0.15) is 24.8 Å². The van der Waals surface area contributed by atoms with Crippen LogP contribution in [0.25, 0.3) is 0 Å². The zero-order valence-corrected chi connectivity index (χ0v) is 10.6. The van der Waals surface area contributed by atoms with Gasteiger partial charge in [0.15, 0.2) is 0 Å². The fourth-order valence-corrected chi connectivity index (χ4v) is 2.55. The number of hydrogen-bond donors (Lipinski definition) is 1. The number of hydrogen-bond acceptors (Lipinski definition) is 3. The number of halogens is 1. The molecule has 2 rings (SSSR count). The van der Waals surface area contributed by atoms with Crippen LogP contribution in [0, 0.1) is 23.1 Å². The topological polar surface area (TPSA) is 70.1 Å². The molecular formula is C14H16FN3O. The molecule has 0 aromatic heterocycles. The van der Waals surface area contributed by atoms with E-state index in [1.54, 1.807) is 12.1 Å². The molecule has 1 heterocycles. The number of nitrogens with two attached hydrogens (primary N) is 1. The van der Waals surface area contributed by atoms with E-state index in [0.29, 0.717) is 18.0 Å². The van der Waals surface area contributed by atoms with Gasteiger partial charge in [-0.2, -0.15) is 5.26 Å². The van der Waals surface area contributed by atoms with E-state index in [4.69, 9.17) is 11.0 Å². The van der Waals surface area contributed by atoms with E-state index in [-0.39, 0.29) is 11.5 Å². The summed E-state index contributed by atoms with van der Waals surface area (Å²) in [5.41, 5.74) is 5.92. The molecule has 0 bridgehead atoms. The van der Waals surface area contributed by atoms with Crippen molar-refractivity contribution < 1.29 is 9.18 Å². The number of nitrogens with zero attached hydrogens (tertiary/aromatic N) is 2. The second-order valence-corrected chi connectivity index (χ2v) is 4.85. The largest absolute Gasteiger partial charge is 0.370 e. The smallest absolute Gasteiger partial charge is 0.217 e. The highest BCUT2D eigenvalue weighted by molar-refractivity contribution is 5.74. The molecular weight excluding hydrogens is 245 g/mol. The lowest BCUT2D eigenvalue weighted by Gasteiger charge is -2.33. The van der Waals surface area contributed by atoms with E-state index in [9.17, 15) is 9.18 Å². The van der Waals surface area contributed by atoms with E-state index in [0.717, 1.165) is 25.9 Å². The van der Waals surface area contributed by atoms with Crippen LogP contribution < -0.4 is 10.6 Å². The molecule has 2 N–H and O–H groups in total. The maximum Gasteiger partial charge on any atom is 0.217 e. The van der Waals surface area contributed by atoms with Gasteiger partial charge in [0.25, 0.3) is 0 Å². The normalized spacial score (nSPS) is 16.1. The van der Waals surface area contributed by atoms with Crippen LogP contribution in [0.2, 0.25) is 0 Å². The lowest BCUT2D eigenvalue weighted by atomic mass is 9.92. The minimum absolute atomic E-state index is 0.0934. The molecule has 0 radical (unpaired) electrons. The van der Waals surface area contributed by atoms with E-state index in [1.165, 1.54) is 6.07 Å². The predicted molar refractivity (Wildman–Crippen MR) is 69.9 cm³/mol. The standard InChI is InChI=1S/C14H16FN3O/c15-12-2-1-3-13(11(12)9-16)18-6-4-10(5-7-18)8-14(17)19/h1-3,10H,4-8H2,(H2,17,19). The first kappa shape index (κ1) is 13.3. The van der Waals surface area contributed by atoms with Crippen LogP contribution in [-0.2, 0) is 4.79 Å². The van der Waals surface area contributed by atoms with Gasteiger partial charge in [-0.25, -0.2) is 4.39 Å². The molecule has 1 saturated heterocycles. The average molecular weight is 261 g/mol. The summed E-state index contributed by atoms with van der Waals surface area (Å²) in [6.45, 7) is 1.44.